The summed E-state index contributed by atoms with van der Waals surface area (Å²) in [4.78, 5) is 0. The molecule has 0 aliphatic rings. The lowest BCUT2D eigenvalue weighted by atomic mass is 10.3. The van der Waals surface area contributed by atoms with Crippen molar-refractivity contribution in [3.63, 3.8) is 0 Å². The van der Waals surface area contributed by atoms with E-state index in [-0.39, 0.29) is 0 Å². The van der Waals surface area contributed by atoms with E-state index in [0.29, 0.717) is 22.4 Å². The monoisotopic (exact) mass is 285 g/mol. The van der Waals surface area contributed by atoms with Crippen LogP contribution < -0.4 is 10.1 Å². The second kappa shape index (κ2) is 6.14. The van der Waals surface area contributed by atoms with Crippen LogP contribution in [0.2, 0.25) is 10.0 Å². The molecule has 0 saturated heterocycles. The van der Waals surface area contributed by atoms with Gasteiger partial charge in [-0.05, 0) is 25.2 Å². The molecule has 0 unspecified atom stereocenters. The van der Waals surface area contributed by atoms with Gasteiger partial charge in [-0.15, -0.1) is 0 Å². The van der Waals surface area contributed by atoms with Crippen molar-refractivity contribution in [2.45, 2.75) is 13.2 Å². The van der Waals surface area contributed by atoms with E-state index in [1.54, 1.807) is 24.5 Å². The molecule has 96 valence electrons. The minimum absolute atomic E-state index is 0.323. The zero-order valence-corrected chi connectivity index (χ0v) is 11.4. The summed E-state index contributed by atoms with van der Waals surface area (Å²) >= 11 is 11.9. The van der Waals surface area contributed by atoms with Crippen LogP contribution in [0.4, 0.5) is 0 Å². The third kappa shape index (κ3) is 3.19. The van der Waals surface area contributed by atoms with E-state index in [0.717, 1.165) is 17.9 Å². The Morgan fingerprint density at radius 2 is 2.17 bits per heavy atom. The predicted octanol–water partition coefficient (Wildman–Crippen LogP) is 3.88. The fourth-order valence-electron chi connectivity index (χ4n) is 1.54. The Labute approximate surface area is 116 Å². The van der Waals surface area contributed by atoms with Gasteiger partial charge in [-0.3, -0.25) is 0 Å². The molecule has 2 rings (SSSR count). The number of nitrogens with one attached hydrogen (secondary N) is 1. The van der Waals surface area contributed by atoms with Crippen molar-refractivity contribution in [2.24, 2.45) is 0 Å². The van der Waals surface area contributed by atoms with Crippen LogP contribution in [0.3, 0.4) is 0 Å². The fourth-order valence-corrected chi connectivity index (χ4v) is 1.89. The smallest absolute Gasteiger partial charge is 0.146 e. The summed E-state index contributed by atoms with van der Waals surface area (Å²) < 4.78 is 10.9. The minimum Gasteiger partial charge on any atom is -0.484 e. The molecule has 18 heavy (non-hydrogen) atoms. The molecule has 0 bridgehead atoms. The lowest BCUT2D eigenvalue weighted by Gasteiger charge is -2.06. The Bertz CT molecular complexity index is 525. The Morgan fingerprint density at radius 3 is 2.94 bits per heavy atom. The lowest BCUT2D eigenvalue weighted by Crippen LogP contribution is -2.03. The van der Waals surface area contributed by atoms with Gasteiger partial charge in [0.15, 0.2) is 0 Å². The van der Waals surface area contributed by atoms with Crippen molar-refractivity contribution in [1.82, 2.24) is 5.32 Å². The summed E-state index contributed by atoms with van der Waals surface area (Å²) in [7, 11) is 1.88. The Hall–Kier alpha value is -1.16. The van der Waals surface area contributed by atoms with Gasteiger partial charge in [-0.25, -0.2) is 0 Å². The first kappa shape index (κ1) is 13.3. The zero-order chi connectivity index (χ0) is 13.0. The highest BCUT2D eigenvalue weighted by Gasteiger charge is 2.07. The van der Waals surface area contributed by atoms with Gasteiger partial charge in [0, 0.05) is 12.1 Å². The normalized spacial score (nSPS) is 10.6. The van der Waals surface area contributed by atoms with Crippen LogP contribution >= 0.6 is 23.2 Å². The summed E-state index contributed by atoms with van der Waals surface area (Å²) in [5.74, 6) is 1.30. The Morgan fingerprint density at radius 1 is 1.33 bits per heavy atom. The molecule has 0 amide bonds. The molecule has 1 aromatic heterocycles. The molecule has 0 atom stereocenters. The lowest BCUT2D eigenvalue weighted by molar-refractivity contribution is 0.270. The quantitative estimate of drug-likeness (QED) is 0.905. The first-order valence-corrected chi connectivity index (χ1v) is 6.24. The Balaban J connectivity index is 2.00. The highest BCUT2D eigenvalue weighted by molar-refractivity contribution is 6.42. The summed E-state index contributed by atoms with van der Waals surface area (Å²) in [6.45, 7) is 1.09. The maximum atomic E-state index is 6.02. The predicted molar refractivity (Wildman–Crippen MR) is 72.3 cm³/mol. The largest absolute Gasteiger partial charge is 0.484 e. The highest BCUT2D eigenvalue weighted by atomic mass is 35.5. The van der Waals surface area contributed by atoms with Crippen LogP contribution in [-0.2, 0) is 13.2 Å². The van der Waals surface area contributed by atoms with Crippen LogP contribution in [0, 0.1) is 0 Å². The fraction of sp³-hybridized carbons (Fsp3) is 0.231. The molecule has 0 aliphatic heterocycles. The highest BCUT2D eigenvalue weighted by Crippen LogP contribution is 2.31. The molecule has 0 saturated carbocycles. The van der Waals surface area contributed by atoms with Crippen LogP contribution in [-0.4, -0.2) is 7.05 Å². The van der Waals surface area contributed by atoms with Crippen molar-refractivity contribution in [3.05, 3.63) is 51.9 Å². The SMILES string of the molecule is CNCc1coc(COc2cccc(Cl)c2Cl)c1. The van der Waals surface area contributed by atoms with Gasteiger partial charge >= 0.3 is 0 Å². The molecule has 0 spiro atoms. The molecule has 1 aromatic carbocycles. The number of hydrogen-bond acceptors (Lipinski definition) is 3. The molecule has 1 N–H and O–H groups in total. The van der Waals surface area contributed by atoms with Crippen molar-refractivity contribution in [2.75, 3.05) is 7.05 Å². The van der Waals surface area contributed by atoms with E-state index in [1.807, 2.05) is 13.1 Å². The van der Waals surface area contributed by atoms with Gasteiger partial charge in [0.1, 0.15) is 23.1 Å². The van der Waals surface area contributed by atoms with E-state index in [9.17, 15) is 0 Å². The van der Waals surface area contributed by atoms with Gasteiger partial charge in [0.05, 0.1) is 11.3 Å². The van der Waals surface area contributed by atoms with E-state index in [4.69, 9.17) is 32.4 Å². The van der Waals surface area contributed by atoms with E-state index in [1.165, 1.54) is 0 Å². The van der Waals surface area contributed by atoms with Gasteiger partial charge in [0.25, 0.3) is 0 Å². The molecule has 2 aromatic rings. The van der Waals surface area contributed by atoms with Gasteiger partial charge < -0.3 is 14.5 Å². The Kier molecular flexibility index (Phi) is 4.53. The minimum atomic E-state index is 0.323. The number of ether oxygens (including phenoxy) is 1. The second-order valence-electron chi connectivity index (χ2n) is 3.79. The third-order valence-corrected chi connectivity index (χ3v) is 3.18. The van der Waals surface area contributed by atoms with Gasteiger partial charge in [-0.1, -0.05) is 29.3 Å². The van der Waals surface area contributed by atoms with Crippen LogP contribution in [0.15, 0.2) is 34.9 Å². The van der Waals surface area contributed by atoms with Crippen LogP contribution in [0.25, 0.3) is 0 Å². The van der Waals surface area contributed by atoms with E-state index < -0.39 is 0 Å². The average molecular weight is 286 g/mol. The maximum absolute atomic E-state index is 6.02. The number of furan rings is 1. The number of rotatable bonds is 5. The topological polar surface area (TPSA) is 34.4 Å². The first-order chi connectivity index (χ1) is 8.70. The summed E-state index contributed by atoms with van der Waals surface area (Å²) in [5.41, 5.74) is 1.08. The third-order valence-electron chi connectivity index (χ3n) is 2.38. The maximum Gasteiger partial charge on any atom is 0.146 e. The van der Waals surface area contributed by atoms with E-state index in [2.05, 4.69) is 5.32 Å². The van der Waals surface area contributed by atoms with Crippen molar-refractivity contribution in [3.8, 4) is 5.75 Å². The molecule has 0 fully saturated rings. The summed E-state index contributed by atoms with van der Waals surface area (Å²) in [6.07, 6.45) is 1.70. The first-order valence-electron chi connectivity index (χ1n) is 5.48. The van der Waals surface area contributed by atoms with Gasteiger partial charge in [0.2, 0.25) is 0 Å². The molecular weight excluding hydrogens is 273 g/mol. The second-order valence-corrected chi connectivity index (χ2v) is 4.58. The number of benzene rings is 1. The van der Waals surface area contributed by atoms with Crippen LogP contribution in [0.5, 0.6) is 5.75 Å². The molecule has 3 nitrogen and oxygen atoms in total. The number of hydrogen-bond donors (Lipinski definition) is 1. The molecule has 1 heterocycles. The summed E-state index contributed by atoms with van der Waals surface area (Å²) in [6, 6.07) is 7.22. The summed E-state index contributed by atoms with van der Waals surface area (Å²) in [5, 5.41) is 3.94. The van der Waals surface area contributed by atoms with Crippen LogP contribution in [0.1, 0.15) is 11.3 Å². The van der Waals surface area contributed by atoms with Crippen molar-refractivity contribution in [1.29, 1.82) is 0 Å². The molecular formula is C13H13Cl2NO2. The standard InChI is InChI=1S/C13H13Cl2NO2/c1-16-6-9-5-10(17-7-9)8-18-12-4-2-3-11(14)13(12)15/h2-5,7,16H,6,8H2,1H3. The molecule has 0 aliphatic carbocycles. The zero-order valence-electron chi connectivity index (χ0n) is 9.87. The average Bonchev–Trinajstić information content (AvgIpc) is 2.79. The van der Waals surface area contributed by atoms with Crippen molar-refractivity contribution < 1.29 is 9.15 Å². The van der Waals surface area contributed by atoms with Gasteiger partial charge in [-0.2, -0.15) is 0 Å². The molecule has 5 heteroatoms. The molecule has 0 radical (unpaired) electrons. The number of halogens is 2. The van der Waals surface area contributed by atoms with E-state index >= 15 is 0 Å². The van der Waals surface area contributed by atoms with Crippen molar-refractivity contribution >= 4 is 23.2 Å².